The van der Waals surface area contributed by atoms with Gasteiger partial charge >= 0.3 is 6.18 Å². The number of amides is 1. The molecule has 0 radical (unpaired) electrons. The first-order valence-corrected chi connectivity index (χ1v) is 7.55. The highest BCUT2D eigenvalue weighted by molar-refractivity contribution is 5.77. The summed E-state index contributed by atoms with van der Waals surface area (Å²) in [4.78, 5) is 23.0. The van der Waals surface area contributed by atoms with Gasteiger partial charge in [-0.3, -0.25) is 14.9 Å². The molecule has 0 unspecified atom stereocenters. The Labute approximate surface area is 151 Å². The molecular formula is C17H14F4N2O4. The van der Waals surface area contributed by atoms with Crippen LogP contribution in [0.4, 0.5) is 23.2 Å². The first-order valence-electron chi connectivity index (χ1n) is 7.55. The van der Waals surface area contributed by atoms with Gasteiger partial charge in [0.2, 0.25) is 0 Å². The number of nitro groups is 1. The van der Waals surface area contributed by atoms with Crippen LogP contribution in [-0.2, 0) is 17.5 Å². The fourth-order valence-electron chi connectivity index (χ4n) is 2.18. The number of ether oxygens (including phenoxy) is 1. The molecule has 2 aromatic carbocycles. The monoisotopic (exact) mass is 386 g/mol. The van der Waals surface area contributed by atoms with E-state index in [1.165, 1.54) is 36.2 Å². The zero-order chi connectivity index (χ0) is 20.2. The molecule has 144 valence electrons. The number of hydrogen-bond donors (Lipinski definition) is 0. The molecular weight excluding hydrogens is 372 g/mol. The molecule has 0 bridgehead atoms. The van der Waals surface area contributed by atoms with Gasteiger partial charge in [-0.2, -0.15) is 13.2 Å². The lowest BCUT2D eigenvalue weighted by Gasteiger charge is -2.19. The predicted molar refractivity (Wildman–Crippen MR) is 86.5 cm³/mol. The highest BCUT2D eigenvalue weighted by Crippen LogP contribution is 2.38. The lowest BCUT2D eigenvalue weighted by molar-refractivity contribution is -0.385. The first-order chi connectivity index (χ1) is 12.6. The van der Waals surface area contributed by atoms with E-state index in [4.69, 9.17) is 4.74 Å². The van der Waals surface area contributed by atoms with Crippen molar-refractivity contribution in [3.63, 3.8) is 0 Å². The lowest BCUT2D eigenvalue weighted by atomic mass is 10.1. The maximum Gasteiger partial charge on any atom is 0.420 e. The third-order valence-electron chi connectivity index (χ3n) is 3.59. The first kappa shape index (κ1) is 20.1. The van der Waals surface area contributed by atoms with Gasteiger partial charge in [-0.1, -0.05) is 12.1 Å². The summed E-state index contributed by atoms with van der Waals surface area (Å²) in [6, 6.07) is 7.39. The Morgan fingerprint density at radius 2 is 1.81 bits per heavy atom. The zero-order valence-corrected chi connectivity index (χ0v) is 14.0. The molecule has 0 aromatic heterocycles. The normalized spacial score (nSPS) is 11.1. The minimum absolute atomic E-state index is 0.106. The van der Waals surface area contributed by atoms with Crippen molar-refractivity contribution in [2.45, 2.75) is 12.7 Å². The van der Waals surface area contributed by atoms with Gasteiger partial charge in [-0.05, 0) is 23.8 Å². The van der Waals surface area contributed by atoms with Crippen LogP contribution in [0, 0.1) is 15.9 Å². The molecule has 0 saturated heterocycles. The van der Waals surface area contributed by atoms with Gasteiger partial charge in [0.25, 0.3) is 11.6 Å². The molecule has 0 aliphatic heterocycles. The molecule has 0 spiro atoms. The fraction of sp³-hybridized carbons (Fsp3) is 0.235. The number of benzene rings is 2. The van der Waals surface area contributed by atoms with Gasteiger partial charge in [0.15, 0.2) is 6.61 Å². The average molecular weight is 386 g/mol. The van der Waals surface area contributed by atoms with E-state index in [0.29, 0.717) is 11.6 Å². The highest BCUT2D eigenvalue weighted by atomic mass is 19.4. The van der Waals surface area contributed by atoms with E-state index in [9.17, 15) is 32.5 Å². The minimum Gasteiger partial charge on any atom is -0.483 e. The molecule has 27 heavy (non-hydrogen) atoms. The van der Waals surface area contributed by atoms with Crippen LogP contribution in [0.25, 0.3) is 0 Å². The van der Waals surface area contributed by atoms with Crippen LogP contribution < -0.4 is 4.74 Å². The van der Waals surface area contributed by atoms with E-state index in [0.717, 1.165) is 12.1 Å². The SMILES string of the molecule is CN(Cc1ccc(F)cc1)C(=O)COc1ccc([N+](=O)[O-])cc1C(F)(F)F. The largest absolute Gasteiger partial charge is 0.483 e. The van der Waals surface area contributed by atoms with Crippen molar-refractivity contribution in [2.24, 2.45) is 0 Å². The Balaban J connectivity index is 2.07. The zero-order valence-electron chi connectivity index (χ0n) is 14.0. The summed E-state index contributed by atoms with van der Waals surface area (Å²) in [6.07, 6.45) is -4.88. The number of nitro benzene ring substituents is 1. The van der Waals surface area contributed by atoms with E-state index in [2.05, 4.69) is 0 Å². The van der Waals surface area contributed by atoms with Gasteiger partial charge in [0.05, 0.1) is 4.92 Å². The molecule has 0 atom stereocenters. The number of carbonyl (C=O) groups excluding carboxylic acids is 1. The Kier molecular flexibility index (Phi) is 5.98. The summed E-state index contributed by atoms with van der Waals surface area (Å²) < 4.78 is 57.0. The van der Waals surface area contributed by atoms with E-state index < -0.39 is 46.4 Å². The molecule has 10 heteroatoms. The maximum atomic E-state index is 13.1. The van der Waals surface area contributed by atoms with Crippen molar-refractivity contribution in [3.05, 3.63) is 69.5 Å². The summed E-state index contributed by atoms with van der Waals surface area (Å²) in [5, 5.41) is 10.7. The maximum absolute atomic E-state index is 13.1. The topological polar surface area (TPSA) is 72.7 Å². The smallest absolute Gasteiger partial charge is 0.420 e. The van der Waals surface area contributed by atoms with Crippen molar-refractivity contribution >= 4 is 11.6 Å². The summed E-state index contributed by atoms with van der Waals surface area (Å²) in [5.41, 5.74) is -1.46. The number of hydrogen-bond acceptors (Lipinski definition) is 4. The number of likely N-dealkylation sites (N-methyl/N-ethyl adjacent to an activating group) is 1. The molecule has 6 nitrogen and oxygen atoms in total. The fourth-order valence-corrected chi connectivity index (χ4v) is 2.18. The Hall–Kier alpha value is -3.17. The number of nitrogens with zero attached hydrogens (tertiary/aromatic N) is 2. The lowest BCUT2D eigenvalue weighted by Crippen LogP contribution is -2.31. The summed E-state index contributed by atoms with van der Waals surface area (Å²) in [5.74, 6) is -1.74. The standard InChI is InChI=1S/C17H14F4N2O4/c1-22(9-11-2-4-12(18)5-3-11)16(24)10-27-15-7-6-13(23(25)26)8-14(15)17(19,20)21/h2-8H,9-10H2,1H3. The third kappa shape index (κ3) is 5.40. The molecule has 2 aromatic rings. The summed E-state index contributed by atoms with van der Waals surface area (Å²) in [6.45, 7) is -0.590. The second-order valence-corrected chi connectivity index (χ2v) is 5.60. The van der Waals surface area contributed by atoms with Gasteiger partial charge in [-0.25, -0.2) is 4.39 Å². The molecule has 0 N–H and O–H groups in total. The molecule has 1 amide bonds. The molecule has 0 aliphatic carbocycles. The van der Waals surface area contributed by atoms with Crippen LogP contribution in [0.5, 0.6) is 5.75 Å². The highest BCUT2D eigenvalue weighted by Gasteiger charge is 2.36. The third-order valence-corrected chi connectivity index (χ3v) is 3.59. The van der Waals surface area contributed by atoms with Crippen molar-refractivity contribution < 1.29 is 32.0 Å². The van der Waals surface area contributed by atoms with Gasteiger partial charge in [-0.15, -0.1) is 0 Å². The molecule has 0 saturated carbocycles. The Morgan fingerprint density at radius 1 is 1.19 bits per heavy atom. The predicted octanol–water partition coefficient (Wildman–Crippen LogP) is 3.79. The van der Waals surface area contributed by atoms with E-state index in [-0.39, 0.29) is 6.54 Å². The second-order valence-electron chi connectivity index (χ2n) is 5.60. The van der Waals surface area contributed by atoms with Crippen molar-refractivity contribution in [2.75, 3.05) is 13.7 Å². The van der Waals surface area contributed by atoms with E-state index in [1.807, 2.05) is 0 Å². The number of non-ortho nitro benzene ring substituents is 1. The van der Waals surface area contributed by atoms with Crippen LogP contribution in [-0.4, -0.2) is 29.4 Å². The van der Waals surface area contributed by atoms with Gasteiger partial charge in [0, 0.05) is 25.7 Å². The summed E-state index contributed by atoms with van der Waals surface area (Å²) in [7, 11) is 1.41. The number of halogens is 4. The van der Waals surface area contributed by atoms with Crippen LogP contribution in [0.2, 0.25) is 0 Å². The van der Waals surface area contributed by atoms with Crippen molar-refractivity contribution in [1.82, 2.24) is 4.90 Å². The quantitative estimate of drug-likeness (QED) is 0.430. The van der Waals surface area contributed by atoms with Crippen LogP contribution in [0.15, 0.2) is 42.5 Å². The number of alkyl halides is 3. The van der Waals surface area contributed by atoms with Gasteiger partial charge in [0.1, 0.15) is 17.1 Å². The van der Waals surface area contributed by atoms with Crippen LogP contribution in [0.3, 0.4) is 0 Å². The van der Waals surface area contributed by atoms with Crippen LogP contribution >= 0.6 is 0 Å². The molecule has 0 aliphatic rings. The van der Waals surface area contributed by atoms with Gasteiger partial charge < -0.3 is 9.64 Å². The average Bonchev–Trinajstić information content (AvgIpc) is 2.60. The van der Waals surface area contributed by atoms with E-state index in [1.54, 1.807) is 0 Å². The number of rotatable bonds is 6. The second kappa shape index (κ2) is 8.02. The molecule has 0 heterocycles. The molecule has 2 rings (SSSR count). The minimum atomic E-state index is -4.88. The van der Waals surface area contributed by atoms with Crippen molar-refractivity contribution in [3.8, 4) is 5.75 Å². The number of carbonyl (C=O) groups is 1. The Morgan fingerprint density at radius 3 is 2.37 bits per heavy atom. The van der Waals surface area contributed by atoms with E-state index >= 15 is 0 Å². The summed E-state index contributed by atoms with van der Waals surface area (Å²) >= 11 is 0. The van der Waals surface area contributed by atoms with Crippen LogP contribution in [0.1, 0.15) is 11.1 Å². The van der Waals surface area contributed by atoms with Crippen molar-refractivity contribution in [1.29, 1.82) is 0 Å². The molecule has 0 fully saturated rings. The Bertz CT molecular complexity index is 838.